The molecule has 3 heterocycles. The fourth-order valence-electron chi connectivity index (χ4n) is 3.31. The molecule has 0 amide bonds. The van der Waals surface area contributed by atoms with E-state index in [2.05, 4.69) is 43.0 Å². The number of ether oxygens (including phenoxy) is 1. The Bertz CT molecular complexity index is 898. The fraction of sp³-hybridized carbons (Fsp3) is 0.368. The molecule has 0 aliphatic carbocycles. The van der Waals surface area contributed by atoms with E-state index in [-0.39, 0.29) is 0 Å². The summed E-state index contributed by atoms with van der Waals surface area (Å²) in [5.41, 5.74) is 5.61. The van der Waals surface area contributed by atoms with E-state index in [1.54, 1.807) is 0 Å². The van der Waals surface area contributed by atoms with Crippen LogP contribution in [0.25, 0.3) is 21.8 Å². The number of aryl methyl sites for hydroxylation is 3. The van der Waals surface area contributed by atoms with Crippen LogP contribution >= 0.6 is 0 Å². The van der Waals surface area contributed by atoms with Gasteiger partial charge in [0.1, 0.15) is 5.82 Å². The Morgan fingerprint density at radius 1 is 0.913 bits per heavy atom. The predicted molar refractivity (Wildman–Crippen MR) is 94.3 cm³/mol. The van der Waals surface area contributed by atoms with Crippen LogP contribution in [0.15, 0.2) is 24.3 Å². The van der Waals surface area contributed by atoms with Crippen LogP contribution in [0, 0.1) is 20.8 Å². The largest absolute Gasteiger partial charge is 0.378 e. The smallest absolute Gasteiger partial charge is 0.138 e. The van der Waals surface area contributed by atoms with Crippen molar-refractivity contribution in [2.45, 2.75) is 20.8 Å². The number of aromatic nitrogens is 2. The lowest BCUT2D eigenvalue weighted by Crippen LogP contribution is -2.37. The number of hydrogen-bond acceptors (Lipinski definition) is 4. The van der Waals surface area contributed by atoms with E-state index in [0.29, 0.717) is 0 Å². The second kappa shape index (κ2) is 5.46. The van der Waals surface area contributed by atoms with Crippen molar-refractivity contribution in [3.05, 3.63) is 41.1 Å². The van der Waals surface area contributed by atoms with Crippen LogP contribution < -0.4 is 4.90 Å². The lowest BCUT2D eigenvalue weighted by Gasteiger charge is -2.29. The van der Waals surface area contributed by atoms with Gasteiger partial charge in [0, 0.05) is 29.6 Å². The zero-order valence-corrected chi connectivity index (χ0v) is 13.9. The molecule has 2 aromatic heterocycles. The number of benzene rings is 1. The molecule has 4 rings (SSSR count). The van der Waals surface area contributed by atoms with Gasteiger partial charge < -0.3 is 9.64 Å². The van der Waals surface area contributed by atoms with Crippen molar-refractivity contribution in [3.8, 4) is 0 Å². The van der Waals surface area contributed by atoms with Crippen LogP contribution in [0.3, 0.4) is 0 Å². The van der Waals surface area contributed by atoms with Gasteiger partial charge in [0.2, 0.25) is 0 Å². The second-order valence-electron chi connectivity index (χ2n) is 6.34. The maximum atomic E-state index is 5.48. The summed E-state index contributed by atoms with van der Waals surface area (Å²) in [5.74, 6) is 1.04. The van der Waals surface area contributed by atoms with E-state index in [0.717, 1.165) is 54.2 Å². The van der Waals surface area contributed by atoms with Gasteiger partial charge in [0.05, 0.1) is 24.2 Å². The number of anilines is 1. The van der Waals surface area contributed by atoms with Crippen molar-refractivity contribution in [2.75, 3.05) is 31.2 Å². The molecule has 0 bridgehead atoms. The third-order valence-corrected chi connectivity index (χ3v) is 4.61. The summed E-state index contributed by atoms with van der Waals surface area (Å²) in [6, 6.07) is 8.66. The van der Waals surface area contributed by atoms with E-state index >= 15 is 0 Å². The SMILES string of the molecule is Cc1cc2nc3c(C)ccc(C)c3cc2c(N2CCOCC2)n1. The molecule has 1 fully saturated rings. The Kier molecular flexibility index (Phi) is 3.42. The zero-order chi connectivity index (χ0) is 16.0. The molecule has 1 aromatic carbocycles. The molecule has 1 aliphatic rings. The monoisotopic (exact) mass is 307 g/mol. The van der Waals surface area contributed by atoms with Crippen molar-refractivity contribution in [3.63, 3.8) is 0 Å². The quantitative estimate of drug-likeness (QED) is 0.645. The molecule has 118 valence electrons. The number of rotatable bonds is 1. The first-order chi connectivity index (χ1) is 11.1. The normalized spacial score (nSPS) is 15.5. The molecule has 0 N–H and O–H groups in total. The topological polar surface area (TPSA) is 38.2 Å². The maximum absolute atomic E-state index is 5.48. The molecule has 1 aliphatic heterocycles. The Balaban J connectivity index is 2.02. The van der Waals surface area contributed by atoms with E-state index < -0.39 is 0 Å². The highest BCUT2D eigenvalue weighted by Crippen LogP contribution is 2.30. The molecule has 4 heteroatoms. The van der Waals surface area contributed by atoms with Gasteiger partial charge in [-0.2, -0.15) is 0 Å². The van der Waals surface area contributed by atoms with Crippen LogP contribution in [0.5, 0.6) is 0 Å². The lowest BCUT2D eigenvalue weighted by molar-refractivity contribution is 0.122. The summed E-state index contributed by atoms with van der Waals surface area (Å²) in [6.07, 6.45) is 0. The summed E-state index contributed by atoms with van der Waals surface area (Å²) < 4.78 is 5.48. The highest BCUT2D eigenvalue weighted by Gasteiger charge is 2.17. The number of morpholine rings is 1. The van der Waals surface area contributed by atoms with Crippen LogP contribution in [0.4, 0.5) is 5.82 Å². The highest BCUT2D eigenvalue weighted by molar-refractivity contribution is 6.00. The molecular weight excluding hydrogens is 286 g/mol. The first kappa shape index (κ1) is 14.4. The Morgan fingerprint density at radius 3 is 2.43 bits per heavy atom. The highest BCUT2D eigenvalue weighted by atomic mass is 16.5. The minimum absolute atomic E-state index is 0.760. The molecule has 0 spiro atoms. The first-order valence-electron chi connectivity index (χ1n) is 8.14. The first-order valence-corrected chi connectivity index (χ1v) is 8.14. The van der Waals surface area contributed by atoms with Crippen molar-refractivity contribution >= 4 is 27.6 Å². The van der Waals surface area contributed by atoms with Gasteiger partial charge in [-0.15, -0.1) is 0 Å². The van der Waals surface area contributed by atoms with Crippen LogP contribution in [0.2, 0.25) is 0 Å². The molecule has 1 saturated heterocycles. The van der Waals surface area contributed by atoms with Crippen LogP contribution in [-0.4, -0.2) is 36.3 Å². The Morgan fingerprint density at radius 2 is 1.65 bits per heavy atom. The molecule has 0 unspecified atom stereocenters. The molecule has 3 aromatic rings. The summed E-state index contributed by atoms with van der Waals surface area (Å²) in [4.78, 5) is 12.1. The van der Waals surface area contributed by atoms with Crippen molar-refractivity contribution in [1.82, 2.24) is 9.97 Å². The van der Waals surface area contributed by atoms with Gasteiger partial charge in [-0.25, -0.2) is 9.97 Å². The molecule has 0 radical (unpaired) electrons. The summed E-state index contributed by atoms with van der Waals surface area (Å²) in [6.45, 7) is 9.60. The van der Waals surface area contributed by atoms with Crippen molar-refractivity contribution in [1.29, 1.82) is 0 Å². The third kappa shape index (κ3) is 2.43. The molecule has 23 heavy (non-hydrogen) atoms. The standard InChI is InChI=1S/C19H21N3O/c1-12-4-5-13(2)18-15(12)11-16-17(21-18)10-14(3)20-19(16)22-6-8-23-9-7-22/h4-5,10-11H,6-9H2,1-3H3. The molecular formula is C19H21N3O. The van der Waals surface area contributed by atoms with Gasteiger partial charge in [0.15, 0.2) is 0 Å². The van der Waals surface area contributed by atoms with Crippen molar-refractivity contribution in [2.24, 2.45) is 0 Å². The summed E-state index contributed by atoms with van der Waals surface area (Å²) in [5, 5.41) is 2.36. The van der Waals surface area contributed by atoms with Gasteiger partial charge in [-0.05, 0) is 44.0 Å². The van der Waals surface area contributed by atoms with Gasteiger partial charge in [-0.3, -0.25) is 0 Å². The molecule has 0 atom stereocenters. The number of hydrogen-bond donors (Lipinski definition) is 0. The fourth-order valence-corrected chi connectivity index (χ4v) is 3.31. The maximum Gasteiger partial charge on any atom is 0.138 e. The Labute approximate surface area is 136 Å². The zero-order valence-electron chi connectivity index (χ0n) is 13.9. The van der Waals surface area contributed by atoms with E-state index in [1.165, 1.54) is 16.5 Å². The van der Waals surface area contributed by atoms with Crippen molar-refractivity contribution < 1.29 is 4.74 Å². The number of fused-ring (bicyclic) bond motifs is 2. The number of pyridine rings is 2. The third-order valence-electron chi connectivity index (χ3n) is 4.61. The van der Waals surface area contributed by atoms with E-state index in [1.807, 2.05) is 6.92 Å². The Hall–Kier alpha value is -2.20. The summed E-state index contributed by atoms with van der Waals surface area (Å²) >= 11 is 0. The summed E-state index contributed by atoms with van der Waals surface area (Å²) in [7, 11) is 0. The minimum atomic E-state index is 0.760. The van der Waals surface area contributed by atoms with E-state index in [9.17, 15) is 0 Å². The van der Waals surface area contributed by atoms with Gasteiger partial charge in [0.25, 0.3) is 0 Å². The average molecular weight is 307 g/mol. The molecule has 0 saturated carbocycles. The number of nitrogens with zero attached hydrogens (tertiary/aromatic N) is 3. The average Bonchev–Trinajstić information content (AvgIpc) is 2.57. The predicted octanol–water partition coefficient (Wildman–Crippen LogP) is 3.54. The minimum Gasteiger partial charge on any atom is -0.378 e. The molecule has 4 nitrogen and oxygen atoms in total. The van der Waals surface area contributed by atoms with Gasteiger partial charge in [-0.1, -0.05) is 12.1 Å². The lowest BCUT2D eigenvalue weighted by atomic mass is 10.0. The second-order valence-corrected chi connectivity index (χ2v) is 6.34. The van der Waals surface area contributed by atoms with E-state index in [4.69, 9.17) is 14.7 Å². The van der Waals surface area contributed by atoms with Crippen LogP contribution in [0.1, 0.15) is 16.8 Å². The van der Waals surface area contributed by atoms with Gasteiger partial charge >= 0.3 is 0 Å². The van der Waals surface area contributed by atoms with Crippen LogP contribution in [-0.2, 0) is 4.74 Å².